The number of anilines is 2. The summed E-state index contributed by atoms with van der Waals surface area (Å²) in [4.78, 5) is 26.9. The Bertz CT molecular complexity index is 623. The fraction of sp³-hybridized carbons (Fsp3) is 0.357. The van der Waals surface area contributed by atoms with Crippen molar-refractivity contribution in [1.82, 2.24) is 0 Å². The number of hydrogen-bond acceptors (Lipinski definition) is 4. The van der Waals surface area contributed by atoms with Gasteiger partial charge in [-0.1, -0.05) is 44.1 Å². The zero-order valence-corrected chi connectivity index (χ0v) is 13.6. The molecule has 1 aromatic rings. The molecule has 0 saturated carbocycles. The van der Waals surface area contributed by atoms with E-state index in [9.17, 15) is 9.59 Å². The summed E-state index contributed by atoms with van der Waals surface area (Å²) < 4.78 is 0. The molecule has 0 saturated heterocycles. The van der Waals surface area contributed by atoms with Crippen LogP contribution in [0, 0.1) is 5.41 Å². The van der Waals surface area contributed by atoms with Crippen LogP contribution in [0.25, 0.3) is 0 Å². The van der Waals surface area contributed by atoms with E-state index in [2.05, 4.69) is 15.6 Å². The number of halogens is 1. The fourth-order valence-corrected chi connectivity index (χ4v) is 2.34. The van der Waals surface area contributed by atoms with Gasteiger partial charge in [-0.2, -0.15) is 4.99 Å². The van der Waals surface area contributed by atoms with Gasteiger partial charge in [-0.25, -0.2) is 0 Å². The van der Waals surface area contributed by atoms with E-state index in [4.69, 9.17) is 11.6 Å². The molecular formula is C14H16ClN3O2S. The Kier molecular flexibility index (Phi) is 4.58. The van der Waals surface area contributed by atoms with Crippen molar-refractivity contribution in [3.63, 3.8) is 0 Å². The average molecular weight is 326 g/mol. The number of amides is 2. The van der Waals surface area contributed by atoms with E-state index in [1.807, 2.05) is 20.8 Å². The van der Waals surface area contributed by atoms with E-state index >= 15 is 0 Å². The van der Waals surface area contributed by atoms with Gasteiger partial charge in [0, 0.05) is 11.1 Å². The zero-order valence-electron chi connectivity index (χ0n) is 12.0. The maximum absolute atomic E-state index is 12.0. The second-order valence-corrected chi connectivity index (χ2v) is 6.99. The molecule has 0 aliphatic carbocycles. The van der Waals surface area contributed by atoms with Crippen molar-refractivity contribution in [1.29, 1.82) is 0 Å². The first-order valence-electron chi connectivity index (χ1n) is 6.38. The highest BCUT2D eigenvalue weighted by molar-refractivity contribution is 8.15. The van der Waals surface area contributed by atoms with E-state index in [1.54, 1.807) is 18.2 Å². The minimum absolute atomic E-state index is 0.0847. The molecular weight excluding hydrogens is 310 g/mol. The summed E-state index contributed by atoms with van der Waals surface area (Å²) in [6.07, 6.45) is 0. The normalized spacial score (nSPS) is 14.9. The monoisotopic (exact) mass is 325 g/mol. The van der Waals surface area contributed by atoms with Crippen LogP contribution in [-0.2, 0) is 9.59 Å². The van der Waals surface area contributed by atoms with Gasteiger partial charge in [0.1, 0.15) is 0 Å². The molecule has 2 amide bonds. The molecule has 112 valence electrons. The highest BCUT2D eigenvalue weighted by Crippen LogP contribution is 2.28. The van der Waals surface area contributed by atoms with Crippen molar-refractivity contribution >= 4 is 51.7 Å². The SMILES string of the molecule is CC(C)(C)C(=O)Nc1ccc(Cl)c(NC2=NC(=O)CS2)c1. The van der Waals surface area contributed by atoms with Crippen molar-refractivity contribution in [3.05, 3.63) is 23.2 Å². The molecule has 0 radical (unpaired) electrons. The van der Waals surface area contributed by atoms with Gasteiger partial charge < -0.3 is 10.6 Å². The number of nitrogens with zero attached hydrogens (tertiary/aromatic N) is 1. The molecule has 5 nitrogen and oxygen atoms in total. The molecule has 0 unspecified atom stereocenters. The number of carbonyl (C=O) groups excluding carboxylic acids is 2. The van der Waals surface area contributed by atoms with Crippen LogP contribution >= 0.6 is 23.4 Å². The van der Waals surface area contributed by atoms with Crippen LogP contribution < -0.4 is 10.6 Å². The number of aliphatic imine (C=N–C) groups is 1. The van der Waals surface area contributed by atoms with Crippen LogP contribution in [0.4, 0.5) is 11.4 Å². The van der Waals surface area contributed by atoms with Crippen molar-refractivity contribution in [2.45, 2.75) is 20.8 Å². The lowest BCUT2D eigenvalue weighted by molar-refractivity contribution is -0.123. The number of rotatable bonds is 2. The Morgan fingerprint density at radius 2 is 2.10 bits per heavy atom. The number of benzene rings is 1. The summed E-state index contributed by atoms with van der Waals surface area (Å²) in [6.45, 7) is 5.52. The third-order valence-electron chi connectivity index (χ3n) is 2.71. The third-order valence-corrected chi connectivity index (χ3v) is 3.89. The minimum Gasteiger partial charge on any atom is -0.333 e. The second-order valence-electron chi connectivity index (χ2n) is 5.62. The topological polar surface area (TPSA) is 70.6 Å². The summed E-state index contributed by atoms with van der Waals surface area (Å²) >= 11 is 7.43. The van der Waals surface area contributed by atoms with Crippen LogP contribution in [0.1, 0.15) is 20.8 Å². The smallest absolute Gasteiger partial charge is 0.258 e. The molecule has 0 bridgehead atoms. The molecule has 1 aromatic carbocycles. The standard InChI is InChI=1S/C14H16ClN3O2S/c1-14(2,3)12(20)16-8-4-5-9(15)10(6-8)17-13-18-11(19)7-21-13/h4-6H,7H2,1-3H3,(H,16,20)(H,17,18,19). The highest BCUT2D eigenvalue weighted by Gasteiger charge is 2.21. The number of thioether (sulfide) groups is 1. The second kappa shape index (κ2) is 6.07. The lowest BCUT2D eigenvalue weighted by Crippen LogP contribution is -2.27. The molecule has 2 rings (SSSR count). The summed E-state index contributed by atoms with van der Waals surface area (Å²) in [6, 6.07) is 5.13. The van der Waals surface area contributed by atoms with Gasteiger partial charge in [-0.05, 0) is 18.2 Å². The van der Waals surface area contributed by atoms with E-state index in [1.165, 1.54) is 11.8 Å². The van der Waals surface area contributed by atoms with Crippen molar-refractivity contribution in [2.75, 3.05) is 16.4 Å². The minimum atomic E-state index is -0.481. The summed E-state index contributed by atoms with van der Waals surface area (Å²) in [5, 5.41) is 6.84. The van der Waals surface area contributed by atoms with E-state index in [0.717, 1.165) is 0 Å². The van der Waals surface area contributed by atoms with Gasteiger partial charge in [0.05, 0.1) is 16.5 Å². The zero-order chi connectivity index (χ0) is 15.6. The maximum Gasteiger partial charge on any atom is 0.258 e. The van der Waals surface area contributed by atoms with Crippen LogP contribution in [-0.4, -0.2) is 22.7 Å². The largest absolute Gasteiger partial charge is 0.333 e. The Hall–Kier alpha value is -1.53. The predicted molar refractivity (Wildman–Crippen MR) is 88.1 cm³/mol. The predicted octanol–water partition coefficient (Wildman–Crippen LogP) is 3.37. The Labute approximate surface area is 132 Å². The maximum atomic E-state index is 12.0. The van der Waals surface area contributed by atoms with Crippen LogP contribution in [0.3, 0.4) is 0 Å². The molecule has 1 aliphatic heterocycles. The van der Waals surface area contributed by atoms with Gasteiger partial charge in [-0.15, -0.1) is 0 Å². The molecule has 0 aromatic heterocycles. The number of nitrogens with one attached hydrogen (secondary N) is 2. The average Bonchev–Trinajstić information content (AvgIpc) is 2.78. The number of carbonyl (C=O) groups is 2. The molecule has 0 fully saturated rings. The highest BCUT2D eigenvalue weighted by atomic mass is 35.5. The first-order valence-corrected chi connectivity index (χ1v) is 7.74. The van der Waals surface area contributed by atoms with Crippen molar-refractivity contribution < 1.29 is 9.59 Å². The van der Waals surface area contributed by atoms with Crippen LogP contribution in [0.5, 0.6) is 0 Å². The van der Waals surface area contributed by atoms with Gasteiger partial charge in [0.15, 0.2) is 5.17 Å². The number of amidine groups is 1. The molecule has 0 atom stereocenters. The quantitative estimate of drug-likeness (QED) is 0.874. The van der Waals surface area contributed by atoms with E-state index < -0.39 is 5.41 Å². The number of hydrogen-bond donors (Lipinski definition) is 2. The molecule has 1 heterocycles. The molecule has 21 heavy (non-hydrogen) atoms. The summed E-state index contributed by atoms with van der Waals surface area (Å²) in [7, 11) is 0. The van der Waals surface area contributed by atoms with E-state index in [-0.39, 0.29) is 11.8 Å². The van der Waals surface area contributed by atoms with E-state index in [0.29, 0.717) is 27.3 Å². The van der Waals surface area contributed by atoms with Crippen molar-refractivity contribution in [3.8, 4) is 0 Å². The molecule has 7 heteroatoms. The lowest BCUT2D eigenvalue weighted by atomic mass is 9.95. The molecule has 1 aliphatic rings. The first kappa shape index (κ1) is 15.9. The Balaban J connectivity index is 2.16. The van der Waals surface area contributed by atoms with Gasteiger partial charge in [0.25, 0.3) is 5.91 Å². The third kappa shape index (κ3) is 4.22. The van der Waals surface area contributed by atoms with Crippen molar-refractivity contribution in [2.24, 2.45) is 10.4 Å². The Morgan fingerprint density at radius 1 is 1.38 bits per heavy atom. The van der Waals surface area contributed by atoms with Gasteiger partial charge >= 0.3 is 0 Å². The fourth-order valence-electron chi connectivity index (χ4n) is 1.50. The molecule has 0 spiro atoms. The van der Waals surface area contributed by atoms with Crippen LogP contribution in [0.2, 0.25) is 5.02 Å². The summed E-state index contributed by atoms with van der Waals surface area (Å²) in [5.74, 6) is 0.0785. The van der Waals surface area contributed by atoms with Gasteiger partial charge in [-0.3, -0.25) is 9.59 Å². The van der Waals surface area contributed by atoms with Gasteiger partial charge in [0.2, 0.25) is 5.91 Å². The Morgan fingerprint density at radius 3 is 2.67 bits per heavy atom. The lowest BCUT2D eigenvalue weighted by Gasteiger charge is -2.18. The first-order chi connectivity index (χ1) is 9.75. The van der Waals surface area contributed by atoms with Crippen LogP contribution in [0.15, 0.2) is 23.2 Å². The summed E-state index contributed by atoms with van der Waals surface area (Å²) in [5.41, 5.74) is 0.756. The molecule has 2 N–H and O–H groups in total.